The van der Waals surface area contributed by atoms with Crippen molar-refractivity contribution in [2.45, 2.75) is 45.6 Å². The van der Waals surface area contributed by atoms with Crippen LogP contribution in [0.2, 0.25) is 0 Å². The van der Waals surface area contributed by atoms with Gasteiger partial charge in [0.25, 0.3) is 0 Å². The largest absolute Gasteiger partial charge is 0.375 e. The minimum absolute atomic E-state index is 0.0492. The molecule has 2 aromatic rings. The number of nitrogens with one attached hydrogen (secondary N) is 1. The Hall–Kier alpha value is -3.57. The lowest BCUT2D eigenvalue weighted by atomic mass is 9.92. The number of likely N-dealkylation sites (N-methyl/N-ethyl adjacent to an activating group) is 1. The summed E-state index contributed by atoms with van der Waals surface area (Å²) in [7, 11) is 1.66. The molecule has 210 valence electrons. The van der Waals surface area contributed by atoms with E-state index in [2.05, 4.69) is 5.32 Å². The summed E-state index contributed by atoms with van der Waals surface area (Å²) in [6.45, 7) is 4.57. The molecule has 3 atom stereocenters. The second-order valence-electron chi connectivity index (χ2n) is 9.99. The molecule has 39 heavy (non-hydrogen) atoms. The summed E-state index contributed by atoms with van der Waals surface area (Å²) < 4.78 is 32.9. The maximum atomic E-state index is 13.9. The predicted molar refractivity (Wildman–Crippen MR) is 140 cm³/mol. The first-order valence-corrected chi connectivity index (χ1v) is 13.1. The molecule has 2 fully saturated rings. The molecule has 2 aromatic carbocycles. The number of hydrogen-bond donors (Lipinski definition) is 1. The van der Waals surface area contributed by atoms with Gasteiger partial charge in [-0.05, 0) is 29.7 Å². The van der Waals surface area contributed by atoms with Gasteiger partial charge in [0.05, 0.1) is 26.3 Å². The average molecular weight is 544 g/mol. The van der Waals surface area contributed by atoms with E-state index < -0.39 is 18.2 Å². The Kier molecular flexibility index (Phi) is 9.13. The number of urea groups is 1. The standard InChI is InChI=1S/C28H35F2N5O4/c1-4-19(2)26-27(37)33(13-14-39-18-21-7-5-6-8-23(21)30)16-24-34(26)25(36)17-32(3)35(24)28(38)31-15-20-9-11-22(29)12-10-20/h5-12,19,24,26H,4,13-18H2,1-3H3,(H,31,38)/t19?,24-,26-/m0/s1. The molecule has 0 spiro atoms. The summed E-state index contributed by atoms with van der Waals surface area (Å²) in [6.07, 6.45) is -0.0512. The Morgan fingerprint density at radius 2 is 1.85 bits per heavy atom. The van der Waals surface area contributed by atoms with E-state index in [9.17, 15) is 23.2 Å². The van der Waals surface area contributed by atoms with Crippen LogP contribution in [0, 0.1) is 17.6 Å². The Morgan fingerprint density at radius 3 is 2.54 bits per heavy atom. The Balaban J connectivity index is 1.49. The highest BCUT2D eigenvalue weighted by molar-refractivity contribution is 5.91. The van der Waals surface area contributed by atoms with Crippen molar-refractivity contribution >= 4 is 17.8 Å². The Morgan fingerprint density at radius 1 is 1.13 bits per heavy atom. The maximum Gasteiger partial charge on any atom is 0.334 e. The number of piperazine rings is 1. The number of halogens is 2. The van der Waals surface area contributed by atoms with E-state index in [4.69, 9.17) is 4.74 Å². The van der Waals surface area contributed by atoms with Crippen LogP contribution in [0.4, 0.5) is 13.6 Å². The zero-order valence-electron chi connectivity index (χ0n) is 22.5. The van der Waals surface area contributed by atoms with Crippen LogP contribution in [-0.2, 0) is 27.5 Å². The van der Waals surface area contributed by atoms with Gasteiger partial charge in [-0.3, -0.25) is 9.59 Å². The molecule has 11 heteroatoms. The number of carbonyl (C=O) groups excluding carboxylic acids is 3. The Bertz CT molecular complexity index is 1180. The van der Waals surface area contributed by atoms with E-state index in [-0.39, 0.29) is 68.8 Å². The minimum Gasteiger partial charge on any atom is -0.375 e. The molecular weight excluding hydrogens is 508 g/mol. The van der Waals surface area contributed by atoms with Gasteiger partial charge in [0.1, 0.15) is 23.8 Å². The number of nitrogens with zero attached hydrogens (tertiary/aromatic N) is 4. The SMILES string of the molecule is CCC(C)[C@H]1C(=O)N(CCOCc2ccccc2F)C[C@H]2N1C(=O)CN(C)N2C(=O)NCc1ccc(F)cc1. The molecule has 2 heterocycles. The third kappa shape index (κ3) is 6.36. The van der Waals surface area contributed by atoms with E-state index in [1.807, 2.05) is 13.8 Å². The number of hydrogen-bond acceptors (Lipinski definition) is 5. The smallest absolute Gasteiger partial charge is 0.334 e. The van der Waals surface area contributed by atoms with Crippen molar-refractivity contribution in [3.05, 3.63) is 71.3 Å². The van der Waals surface area contributed by atoms with Gasteiger partial charge >= 0.3 is 6.03 Å². The molecule has 0 radical (unpaired) electrons. The highest BCUT2D eigenvalue weighted by Crippen LogP contribution is 2.30. The molecule has 4 amide bonds. The zero-order valence-corrected chi connectivity index (χ0v) is 22.5. The molecule has 2 aliphatic rings. The fourth-order valence-electron chi connectivity index (χ4n) is 5.03. The van der Waals surface area contributed by atoms with Gasteiger partial charge in [-0.15, -0.1) is 0 Å². The van der Waals surface area contributed by atoms with Crippen LogP contribution in [0.1, 0.15) is 31.4 Å². The number of hydrazine groups is 1. The van der Waals surface area contributed by atoms with Gasteiger partial charge in [0.15, 0.2) is 0 Å². The molecule has 1 N–H and O–H groups in total. The highest BCUT2D eigenvalue weighted by atomic mass is 19.1. The van der Waals surface area contributed by atoms with Crippen molar-refractivity contribution in [1.82, 2.24) is 25.1 Å². The van der Waals surface area contributed by atoms with E-state index >= 15 is 0 Å². The quantitative estimate of drug-likeness (QED) is 0.492. The molecule has 0 saturated carbocycles. The van der Waals surface area contributed by atoms with Gasteiger partial charge in [-0.25, -0.2) is 23.6 Å². The summed E-state index contributed by atoms with van der Waals surface area (Å²) in [5.74, 6) is -1.28. The molecule has 0 aliphatic carbocycles. The van der Waals surface area contributed by atoms with Crippen molar-refractivity contribution in [2.24, 2.45) is 5.92 Å². The van der Waals surface area contributed by atoms with Crippen molar-refractivity contribution < 1.29 is 27.9 Å². The van der Waals surface area contributed by atoms with Crippen LogP contribution in [0.25, 0.3) is 0 Å². The first kappa shape index (κ1) is 28.4. The van der Waals surface area contributed by atoms with E-state index in [0.29, 0.717) is 12.0 Å². The fraction of sp³-hybridized carbons (Fsp3) is 0.464. The number of fused-ring (bicyclic) bond motifs is 1. The van der Waals surface area contributed by atoms with Gasteiger partial charge in [-0.1, -0.05) is 50.6 Å². The minimum atomic E-state index is -0.728. The topological polar surface area (TPSA) is 85.4 Å². The second-order valence-corrected chi connectivity index (χ2v) is 9.99. The van der Waals surface area contributed by atoms with Crippen LogP contribution in [0.3, 0.4) is 0 Å². The van der Waals surface area contributed by atoms with Gasteiger partial charge in [0.2, 0.25) is 11.8 Å². The summed E-state index contributed by atoms with van der Waals surface area (Å²) in [5.41, 5.74) is 1.15. The monoisotopic (exact) mass is 543 g/mol. The molecular formula is C28H35F2N5O4. The second kappa shape index (κ2) is 12.5. The number of amides is 4. The average Bonchev–Trinajstić information content (AvgIpc) is 2.91. The van der Waals surface area contributed by atoms with Crippen molar-refractivity contribution in [2.75, 3.05) is 33.3 Å². The summed E-state index contributed by atoms with van der Waals surface area (Å²) in [4.78, 5) is 43.4. The molecule has 9 nitrogen and oxygen atoms in total. The normalized spacial score (nSPS) is 20.7. The van der Waals surface area contributed by atoms with Gasteiger partial charge in [-0.2, -0.15) is 0 Å². The number of rotatable bonds is 9. The van der Waals surface area contributed by atoms with Gasteiger partial charge < -0.3 is 19.9 Å². The summed E-state index contributed by atoms with van der Waals surface area (Å²) in [6, 6.07) is 11.0. The first-order valence-electron chi connectivity index (χ1n) is 13.1. The molecule has 2 saturated heterocycles. The Labute approximate surface area is 227 Å². The maximum absolute atomic E-state index is 13.9. The molecule has 2 aliphatic heterocycles. The predicted octanol–water partition coefficient (Wildman–Crippen LogP) is 2.97. The van der Waals surface area contributed by atoms with E-state index in [0.717, 1.165) is 5.56 Å². The van der Waals surface area contributed by atoms with Crippen LogP contribution in [-0.4, -0.2) is 83.2 Å². The van der Waals surface area contributed by atoms with Crippen LogP contribution in [0.5, 0.6) is 0 Å². The van der Waals surface area contributed by atoms with E-state index in [1.54, 1.807) is 52.2 Å². The molecule has 4 rings (SSSR count). The van der Waals surface area contributed by atoms with Crippen LogP contribution in [0.15, 0.2) is 48.5 Å². The lowest BCUT2D eigenvalue weighted by molar-refractivity contribution is -0.190. The third-order valence-corrected chi connectivity index (χ3v) is 7.34. The molecule has 1 unspecified atom stereocenters. The summed E-state index contributed by atoms with van der Waals surface area (Å²) >= 11 is 0. The van der Waals surface area contributed by atoms with Gasteiger partial charge in [0, 0.05) is 25.7 Å². The molecule has 0 aromatic heterocycles. The lowest BCUT2D eigenvalue weighted by Gasteiger charge is -2.55. The third-order valence-electron chi connectivity index (χ3n) is 7.34. The van der Waals surface area contributed by atoms with Crippen molar-refractivity contribution in [1.29, 1.82) is 0 Å². The van der Waals surface area contributed by atoms with E-state index in [1.165, 1.54) is 23.2 Å². The zero-order chi connectivity index (χ0) is 28.1. The summed E-state index contributed by atoms with van der Waals surface area (Å²) in [5, 5.41) is 5.88. The lowest BCUT2D eigenvalue weighted by Crippen LogP contribution is -2.76. The van der Waals surface area contributed by atoms with Crippen molar-refractivity contribution in [3.63, 3.8) is 0 Å². The molecule has 0 bridgehead atoms. The number of ether oxygens (including phenoxy) is 1. The number of carbonyl (C=O) groups is 3. The van der Waals surface area contributed by atoms with Crippen molar-refractivity contribution in [3.8, 4) is 0 Å². The van der Waals surface area contributed by atoms with Crippen LogP contribution >= 0.6 is 0 Å². The fourth-order valence-corrected chi connectivity index (χ4v) is 5.03. The van der Waals surface area contributed by atoms with Crippen LogP contribution < -0.4 is 5.32 Å². The highest BCUT2D eigenvalue weighted by Gasteiger charge is 2.51. The number of benzene rings is 2. The first-order chi connectivity index (χ1) is 18.7.